The number of nitrogens with zero attached hydrogens (tertiary/aromatic N) is 4. The molecule has 0 aliphatic rings. The van der Waals surface area contributed by atoms with Crippen LogP contribution in [-0.2, 0) is 0 Å². The van der Waals surface area contributed by atoms with Gasteiger partial charge < -0.3 is 10.1 Å². The number of anilines is 1. The van der Waals surface area contributed by atoms with E-state index in [9.17, 15) is 8.78 Å². The lowest BCUT2D eigenvalue weighted by atomic mass is 10.0. The van der Waals surface area contributed by atoms with Crippen molar-refractivity contribution in [3.63, 3.8) is 0 Å². The molecule has 29 heavy (non-hydrogen) atoms. The number of halogens is 2. The van der Waals surface area contributed by atoms with Gasteiger partial charge in [-0.25, -0.2) is 18.7 Å². The summed E-state index contributed by atoms with van der Waals surface area (Å²) in [6.45, 7) is 2.24. The molecule has 4 rings (SSSR count). The lowest BCUT2D eigenvalue weighted by molar-refractivity contribution is 0.344. The van der Waals surface area contributed by atoms with E-state index < -0.39 is 11.6 Å². The van der Waals surface area contributed by atoms with E-state index in [2.05, 4.69) is 25.5 Å². The fourth-order valence-electron chi connectivity index (χ4n) is 3.07. The van der Waals surface area contributed by atoms with E-state index in [1.807, 2.05) is 6.92 Å². The average molecular weight is 393 g/mol. The number of benzene rings is 2. The Labute approximate surface area is 165 Å². The maximum Gasteiger partial charge on any atom is 0.182 e. The third-order valence-corrected chi connectivity index (χ3v) is 4.35. The van der Waals surface area contributed by atoms with Crippen LogP contribution in [-0.4, -0.2) is 33.8 Å². The summed E-state index contributed by atoms with van der Waals surface area (Å²) >= 11 is 0. The first kappa shape index (κ1) is 18.7. The molecular weight excluding hydrogens is 376 g/mol. The van der Waals surface area contributed by atoms with Gasteiger partial charge in [-0.2, -0.15) is 5.10 Å². The molecule has 2 heterocycles. The maximum atomic E-state index is 14.4. The van der Waals surface area contributed by atoms with Crippen LogP contribution in [0.1, 0.15) is 6.92 Å². The lowest BCUT2D eigenvalue weighted by Crippen LogP contribution is -2.03. The van der Waals surface area contributed by atoms with Crippen LogP contribution in [0.2, 0.25) is 0 Å². The van der Waals surface area contributed by atoms with Crippen molar-refractivity contribution in [3.8, 4) is 28.4 Å². The number of hydrogen-bond acceptors (Lipinski definition) is 6. The van der Waals surface area contributed by atoms with Gasteiger partial charge in [0.2, 0.25) is 0 Å². The van der Waals surface area contributed by atoms with Gasteiger partial charge in [-0.05, 0) is 48.9 Å². The van der Waals surface area contributed by atoms with Crippen molar-refractivity contribution in [3.05, 3.63) is 60.3 Å². The number of fused-ring (bicyclic) bond motifs is 1. The summed E-state index contributed by atoms with van der Waals surface area (Å²) < 4.78 is 33.5. The standard InChI is InChI=1S/C21H17F2N5O/c1-3-29-18-10-12(14-7-6-13(22)11-16(14)23)9-15-19(18)26-21(27-20(15)24-2)17-5-4-8-25-28-17/h4-11H,3H2,1-2H3,(H,24,26,27). The van der Waals surface area contributed by atoms with Crippen molar-refractivity contribution in [1.82, 2.24) is 20.2 Å². The van der Waals surface area contributed by atoms with E-state index in [-0.39, 0.29) is 5.56 Å². The van der Waals surface area contributed by atoms with Crippen LogP contribution in [0.25, 0.3) is 33.5 Å². The highest BCUT2D eigenvalue weighted by Crippen LogP contribution is 2.36. The first-order chi connectivity index (χ1) is 14.1. The second kappa shape index (κ2) is 7.75. The molecule has 6 nitrogen and oxygen atoms in total. The molecule has 4 aromatic rings. The molecule has 0 aliphatic heterocycles. The highest BCUT2D eigenvalue weighted by Gasteiger charge is 2.17. The van der Waals surface area contributed by atoms with Crippen LogP contribution in [0.4, 0.5) is 14.6 Å². The van der Waals surface area contributed by atoms with Crippen LogP contribution >= 0.6 is 0 Å². The van der Waals surface area contributed by atoms with E-state index in [4.69, 9.17) is 4.74 Å². The van der Waals surface area contributed by atoms with Gasteiger partial charge in [-0.3, -0.25) is 0 Å². The molecule has 0 fully saturated rings. The summed E-state index contributed by atoms with van der Waals surface area (Å²) in [5, 5.41) is 11.6. The lowest BCUT2D eigenvalue weighted by Gasteiger charge is -2.14. The van der Waals surface area contributed by atoms with E-state index >= 15 is 0 Å². The normalized spacial score (nSPS) is 10.9. The van der Waals surface area contributed by atoms with Crippen molar-refractivity contribution in [2.75, 3.05) is 19.0 Å². The molecule has 8 heteroatoms. The molecule has 146 valence electrons. The monoisotopic (exact) mass is 393 g/mol. The van der Waals surface area contributed by atoms with Crippen molar-refractivity contribution >= 4 is 16.7 Å². The van der Waals surface area contributed by atoms with Crippen molar-refractivity contribution in [1.29, 1.82) is 0 Å². The Morgan fingerprint density at radius 3 is 2.62 bits per heavy atom. The van der Waals surface area contributed by atoms with Gasteiger partial charge in [0.15, 0.2) is 5.82 Å². The van der Waals surface area contributed by atoms with Crippen LogP contribution in [0.3, 0.4) is 0 Å². The van der Waals surface area contributed by atoms with Gasteiger partial charge in [0.05, 0.1) is 6.61 Å². The average Bonchev–Trinajstić information content (AvgIpc) is 2.74. The number of ether oxygens (including phenoxy) is 1. The highest BCUT2D eigenvalue weighted by molar-refractivity contribution is 5.97. The zero-order valence-corrected chi connectivity index (χ0v) is 15.8. The molecule has 0 aliphatic carbocycles. The number of hydrogen-bond donors (Lipinski definition) is 1. The first-order valence-electron chi connectivity index (χ1n) is 9.00. The second-order valence-corrected chi connectivity index (χ2v) is 6.18. The van der Waals surface area contributed by atoms with Crippen molar-refractivity contribution in [2.24, 2.45) is 0 Å². The van der Waals surface area contributed by atoms with Crippen LogP contribution in [0.15, 0.2) is 48.7 Å². The van der Waals surface area contributed by atoms with Crippen molar-refractivity contribution < 1.29 is 13.5 Å². The van der Waals surface area contributed by atoms with Gasteiger partial charge in [0.1, 0.15) is 34.4 Å². The fourth-order valence-corrected chi connectivity index (χ4v) is 3.07. The molecule has 0 unspecified atom stereocenters. The van der Waals surface area contributed by atoms with E-state index in [0.717, 1.165) is 6.07 Å². The minimum atomic E-state index is -0.657. The van der Waals surface area contributed by atoms with Gasteiger partial charge in [-0.15, -0.1) is 5.10 Å². The minimum Gasteiger partial charge on any atom is -0.492 e. The van der Waals surface area contributed by atoms with Crippen LogP contribution < -0.4 is 10.1 Å². The predicted molar refractivity (Wildman–Crippen MR) is 107 cm³/mol. The van der Waals surface area contributed by atoms with Gasteiger partial charge in [0.25, 0.3) is 0 Å². The number of rotatable bonds is 5. The first-order valence-corrected chi connectivity index (χ1v) is 9.00. The molecule has 0 atom stereocenters. The molecular formula is C21H17F2N5O. The molecule has 0 saturated carbocycles. The number of aromatic nitrogens is 4. The summed E-state index contributed by atoms with van der Waals surface area (Å²) in [4.78, 5) is 9.14. The van der Waals surface area contributed by atoms with Gasteiger partial charge in [0, 0.05) is 30.3 Å². The summed E-state index contributed by atoms with van der Waals surface area (Å²) in [7, 11) is 1.73. The maximum absolute atomic E-state index is 14.4. The summed E-state index contributed by atoms with van der Waals surface area (Å²) in [5.41, 5.74) is 1.86. The fraction of sp³-hybridized carbons (Fsp3) is 0.143. The molecule has 0 saturated heterocycles. The van der Waals surface area contributed by atoms with E-state index in [0.29, 0.717) is 46.2 Å². The Morgan fingerprint density at radius 1 is 1.07 bits per heavy atom. The van der Waals surface area contributed by atoms with Gasteiger partial charge >= 0.3 is 0 Å². The zero-order chi connectivity index (χ0) is 20.4. The highest BCUT2D eigenvalue weighted by atomic mass is 19.1. The predicted octanol–water partition coefficient (Wildman–Crippen LogP) is 4.47. The SMILES string of the molecule is CCOc1cc(-c2ccc(F)cc2F)cc2c(NC)nc(-c3cccnn3)nc12. The van der Waals surface area contributed by atoms with Crippen molar-refractivity contribution in [2.45, 2.75) is 6.92 Å². The Morgan fingerprint density at radius 2 is 1.93 bits per heavy atom. The molecule has 1 N–H and O–H groups in total. The van der Waals surface area contributed by atoms with E-state index in [1.54, 1.807) is 37.5 Å². The second-order valence-electron chi connectivity index (χ2n) is 6.18. The quantitative estimate of drug-likeness (QED) is 0.539. The largest absolute Gasteiger partial charge is 0.492 e. The summed E-state index contributed by atoms with van der Waals surface area (Å²) in [6.07, 6.45) is 1.57. The summed E-state index contributed by atoms with van der Waals surface area (Å²) in [6, 6.07) is 10.4. The Balaban J connectivity index is 1.98. The third kappa shape index (κ3) is 3.56. The molecule has 0 radical (unpaired) electrons. The molecule has 2 aromatic carbocycles. The topological polar surface area (TPSA) is 72.8 Å². The Kier molecular flexibility index (Phi) is 4.99. The number of nitrogens with one attached hydrogen (secondary N) is 1. The molecule has 2 aromatic heterocycles. The van der Waals surface area contributed by atoms with Crippen LogP contribution in [0.5, 0.6) is 5.75 Å². The minimum absolute atomic E-state index is 0.259. The Hall–Kier alpha value is -3.68. The van der Waals surface area contributed by atoms with Crippen LogP contribution in [0, 0.1) is 11.6 Å². The summed E-state index contributed by atoms with van der Waals surface area (Å²) in [5.74, 6) is 0.0881. The molecule has 0 spiro atoms. The van der Waals surface area contributed by atoms with Gasteiger partial charge in [-0.1, -0.05) is 0 Å². The zero-order valence-electron chi connectivity index (χ0n) is 15.8. The molecule has 0 amide bonds. The van der Waals surface area contributed by atoms with E-state index in [1.165, 1.54) is 12.1 Å². The smallest absolute Gasteiger partial charge is 0.182 e. The molecule has 0 bridgehead atoms. The Bertz CT molecular complexity index is 1180. The third-order valence-electron chi connectivity index (χ3n) is 4.35.